The Morgan fingerprint density at radius 3 is 2.94 bits per heavy atom. The summed E-state index contributed by atoms with van der Waals surface area (Å²) in [7, 11) is 0. The lowest BCUT2D eigenvalue weighted by Crippen LogP contribution is -2.16. The number of hydrogen-bond donors (Lipinski definition) is 1. The fourth-order valence-electron chi connectivity index (χ4n) is 1.18. The van der Waals surface area contributed by atoms with E-state index in [9.17, 15) is 4.79 Å². The summed E-state index contributed by atoms with van der Waals surface area (Å²) < 4.78 is 5.60. The zero-order valence-corrected chi connectivity index (χ0v) is 11.3. The lowest BCUT2D eigenvalue weighted by Gasteiger charge is -1.94. The number of rotatable bonds is 3. The van der Waals surface area contributed by atoms with Gasteiger partial charge in [0.1, 0.15) is 0 Å². The summed E-state index contributed by atoms with van der Waals surface area (Å²) in [6, 6.07) is 5.17. The van der Waals surface area contributed by atoms with Crippen molar-refractivity contribution in [2.45, 2.75) is 6.92 Å². The summed E-state index contributed by atoms with van der Waals surface area (Å²) in [6.07, 6.45) is 1.61. The van der Waals surface area contributed by atoms with Crippen molar-refractivity contribution in [1.82, 2.24) is 5.43 Å². The maximum absolute atomic E-state index is 11.5. The van der Waals surface area contributed by atoms with E-state index in [0.717, 1.165) is 10.4 Å². The van der Waals surface area contributed by atoms with Crippen LogP contribution in [0, 0.1) is 6.92 Å². The Kier molecular flexibility index (Phi) is 3.75. The van der Waals surface area contributed by atoms with Crippen LogP contribution < -0.4 is 5.43 Å². The first-order valence-corrected chi connectivity index (χ1v) is 6.47. The quantitative estimate of drug-likeness (QED) is 0.699. The summed E-state index contributed by atoms with van der Waals surface area (Å²) in [4.78, 5) is 12.7. The number of hydrogen-bond acceptors (Lipinski definition) is 4. The lowest BCUT2D eigenvalue weighted by molar-refractivity contribution is 0.0926. The van der Waals surface area contributed by atoms with E-state index in [2.05, 4.69) is 26.5 Å². The minimum absolute atomic E-state index is 0.219. The molecule has 0 atom stereocenters. The van der Waals surface area contributed by atoms with Gasteiger partial charge in [-0.2, -0.15) is 5.10 Å². The summed E-state index contributed by atoms with van der Waals surface area (Å²) in [6.45, 7) is 2.00. The SMILES string of the molecule is Cc1sccc1C=NNC(=O)c1ccc(Br)o1. The number of carbonyl (C=O) groups is 1. The molecule has 1 amide bonds. The maximum atomic E-state index is 11.5. The zero-order valence-electron chi connectivity index (χ0n) is 8.94. The highest BCUT2D eigenvalue weighted by atomic mass is 79.9. The first kappa shape index (κ1) is 12.1. The highest BCUT2D eigenvalue weighted by Gasteiger charge is 2.08. The molecule has 0 radical (unpaired) electrons. The van der Waals surface area contributed by atoms with Gasteiger partial charge in [0.2, 0.25) is 0 Å². The Labute approximate surface area is 110 Å². The molecule has 88 valence electrons. The highest BCUT2D eigenvalue weighted by Crippen LogP contribution is 2.14. The average molecular weight is 313 g/mol. The van der Waals surface area contributed by atoms with Crippen LogP contribution in [0.3, 0.4) is 0 Å². The van der Waals surface area contributed by atoms with Gasteiger partial charge in [0.25, 0.3) is 0 Å². The molecule has 0 unspecified atom stereocenters. The summed E-state index contributed by atoms with van der Waals surface area (Å²) in [5.74, 6) is -0.157. The van der Waals surface area contributed by atoms with Crippen LogP contribution in [0.4, 0.5) is 0 Å². The number of hydrazone groups is 1. The van der Waals surface area contributed by atoms with Gasteiger partial charge in [-0.3, -0.25) is 4.79 Å². The van der Waals surface area contributed by atoms with Crippen molar-refractivity contribution in [1.29, 1.82) is 0 Å². The first-order chi connectivity index (χ1) is 8.16. The number of thiophene rings is 1. The molecule has 2 rings (SSSR count). The standard InChI is InChI=1S/C11H9BrN2O2S/c1-7-8(4-5-17-7)6-13-14-11(15)9-2-3-10(12)16-9/h2-6H,1H3,(H,14,15). The smallest absolute Gasteiger partial charge is 0.307 e. The Morgan fingerprint density at radius 1 is 1.53 bits per heavy atom. The monoisotopic (exact) mass is 312 g/mol. The van der Waals surface area contributed by atoms with Crippen molar-refractivity contribution in [3.05, 3.63) is 44.4 Å². The average Bonchev–Trinajstić information content (AvgIpc) is 2.88. The fraction of sp³-hybridized carbons (Fsp3) is 0.0909. The van der Waals surface area contributed by atoms with Crippen LogP contribution in [0.25, 0.3) is 0 Å². The molecular formula is C11H9BrN2O2S. The Morgan fingerprint density at radius 2 is 2.35 bits per heavy atom. The lowest BCUT2D eigenvalue weighted by atomic mass is 10.3. The number of nitrogens with one attached hydrogen (secondary N) is 1. The van der Waals surface area contributed by atoms with E-state index in [0.29, 0.717) is 4.67 Å². The summed E-state index contributed by atoms with van der Waals surface area (Å²) in [5.41, 5.74) is 3.39. The second-order valence-electron chi connectivity index (χ2n) is 3.24. The molecule has 1 N–H and O–H groups in total. The molecule has 0 saturated heterocycles. The second kappa shape index (κ2) is 5.29. The molecule has 0 bridgehead atoms. The topological polar surface area (TPSA) is 54.6 Å². The molecule has 0 spiro atoms. The van der Waals surface area contributed by atoms with Gasteiger partial charge in [-0.05, 0) is 46.4 Å². The maximum Gasteiger partial charge on any atom is 0.307 e. The van der Waals surface area contributed by atoms with Gasteiger partial charge in [-0.1, -0.05) is 0 Å². The molecule has 0 aliphatic heterocycles. The number of carbonyl (C=O) groups excluding carboxylic acids is 1. The van der Waals surface area contributed by atoms with E-state index in [1.54, 1.807) is 29.7 Å². The van der Waals surface area contributed by atoms with Crippen molar-refractivity contribution in [2.75, 3.05) is 0 Å². The van der Waals surface area contributed by atoms with Gasteiger partial charge in [0, 0.05) is 10.4 Å². The molecule has 17 heavy (non-hydrogen) atoms. The summed E-state index contributed by atoms with van der Waals surface area (Å²) >= 11 is 4.76. The Bertz CT molecular complexity index is 559. The van der Waals surface area contributed by atoms with E-state index in [4.69, 9.17) is 4.42 Å². The minimum Gasteiger partial charge on any atom is -0.444 e. The van der Waals surface area contributed by atoms with Gasteiger partial charge < -0.3 is 4.42 Å². The van der Waals surface area contributed by atoms with Crippen molar-refractivity contribution >= 4 is 39.4 Å². The van der Waals surface area contributed by atoms with Gasteiger partial charge in [-0.15, -0.1) is 11.3 Å². The number of nitrogens with zero attached hydrogens (tertiary/aromatic N) is 1. The van der Waals surface area contributed by atoms with Gasteiger partial charge in [-0.25, -0.2) is 5.43 Å². The van der Waals surface area contributed by atoms with Gasteiger partial charge in [0.05, 0.1) is 6.21 Å². The molecule has 0 saturated carbocycles. The molecule has 0 aliphatic rings. The van der Waals surface area contributed by atoms with Crippen molar-refractivity contribution in [2.24, 2.45) is 5.10 Å². The zero-order chi connectivity index (χ0) is 12.3. The minimum atomic E-state index is -0.375. The van der Waals surface area contributed by atoms with E-state index in [1.807, 2.05) is 18.4 Å². The predicted octanol–water partition coefficient (Wildman–Crippen LogP) is 3.18. The van der Waals surface area contributed by atoms with E-state index in [1.165, 1.54) is 0 Å². The normalized spacial score (nSPS) is 10.9. The van der Waals surface area contributed by atoms with E-state index in [-0.39, 0.29) is 11.7 Å². The third-order valence-electron chi connectivity index (χ3n) is 2.07. The number of furan rings is 1. The second-order valence-corrected chi connectivity index (χ2v) is 5.14. The van der Waals surface area contributed by atoms with Crippen LogP contribution in [0.5, 0.6) is 0 Å². The first-order valence-electron chi connectivity index (χ1n) is 4.79. The fourth-order valence-corrected chi connectivity index (χ4v) is 2.16. The van der Waals surface area contributed by atoms with Gasteiger partial charge >= 0.3 is 5.91 Å². The molecule has 0 fully saturated rings. The third-order valence-corrected chi connectivity index (χ3v) is 3.35. The molecule has 6 heteroatoms. The molecule has 2 aromatic heterocycles. The molecule has 0 aliphatic carbocycles. The molecule has 4 nitrogen and oxygen atoms in total. The van der Waals surface area contributed by atoms with Crippen molar-refractivity contribution in [3.8, 4) is 0 Å². The molecule has 2 aromatic rings. The summed E-state index contributed by atoms with van der Waals surface area (Å²) in [5, 5.41) is 5.84. The van der Waals surface area contributed by atoms with Crippen LogP contribution in [-0.4, -0.2) is 12.1 Å². The largest absolute Gasteiger partial charge is 0.444 e. The van der Waals surface area contributed by atoms with Crippen LogP contribution in [0.2, 0.25) is 0 Å². The van der Waals surface area contributed by atoms with E-state index < -0.39 is 0 Å². The third kappa shape index (κ3) is 3.04. The Balaban J connectivity index is 1.97. The van der Waals surface area contributed by atoms with Crippen LogP contribution in [0.1, 0.15) is 21.0 Å². The van der Waals surface area contributed by atoms with E-state index >= 15 is 0 Å². The highest BCUT2D eigenvalue weighted by molar-refractivity contribution is 9.10. The van der Waals surface area contributed by atoms with Crippen LogP contribution >= 0.6 is 27.3 Å². The van der Waals surface area contributed by atoms with Crippen molar-refractivity contribution < 1.29 is 9.21 Å². The molecule has 2 heterocycles. The molecular weight excluding hydrogens is 304 g/mol. The van der Waals surface area contributed by atoms with Crippen LogP contribution in [-0.2, 0) is 0 Å². The number of halogens is 1. The number of aryl methyl sites for hydroxylation is 1. The molecule has 0 aromatic carbocycles. The van der Waals surface area contributed by atoms with Crippen molar-refractivity contribution in [3.63, 3.8) is 0 Å². The van der Waals surface area contributed by atoms with Gasteiger partial charge in [0.15, 0.2) is 10.4 Å². The Hall–Kier alpha value is -1.40. The predicted molar refractivity (Wildman–Crippen MR) is 70.5 cm³/mol. The number of amides is 1. The van der Waals surface area contributed by atoms with Crippen LogP contribution in [0.15, 0.2) is 37.8 Å².